The van der Waals surface area contributed by atoms with Crippen LogP contribution in [0.15, 0.2) is 10.6 Å². The number of aliphatic hydroxyl groups is 1. The third kappa shape index (κ3) is 4.31. The highest BCUT2D eigenvalue weighted by Gasteiger charge is 2.60. The number of carboxylic acid groups (broad SMARTS) is 1. The monoisotopic (exact) mass is 480 g/mol. The fourth-order valence-corrected chi connectivity index (χ4v) is 7.61. The summed E-state index contributed by atoms with van der Waals surface area (Å²) in [6, 6.07) is -0.498. The van der Waals surface area contributed by atoms with Crippen molar-refractivity contribution in [2.24, 2.45) is 17.8 Å². The Morgan fingerprint density at radius 1 is 1.30 bits per heavy atom. The van der Waals surface area contributed by atoms with E-state index in [1.165, 1.54) is 16.7 Å². The van der Waals surface area contributed by atoms with Crippen LogP contribution in [-0.4, -0.2) is 106 Å². The first-order chi connectivity index (χ1) is 15.6. The van der Waals surface area contributed by atoms with Crippen molar-refractivity contribution in [3.63, 3.8) is 0 Å². The summed E-state index contributed by atoms with van der Waals surface area (Å²) in [6.07, 6.45) is 1.98. The Morgan fingerprint density at radius 2 is 2.03 bits per heavy atom. The molecule has 7 atom stereocenters. The Labute approximate surface area is 199 Å². The second-order valence-electron chi connectivity index (χ2n) is 10.0. The lowest BCUT2D eigenvalue weighted by Crippen LogP contribution is -2.63. The summed E-state index contributed by atoms with van der Waals surface area (Å²) in [4.78, 5) is 44.0. The Hall–Kier alpha value is -1.62. The number of hydrogen-bond acceptors (Lipinski definition) is 7. The molecule has 3 unspecified atom stereocenters. The molecule has 0 spiro atoms. The fourth-order valence-electron chi connectivity index (χ4n) is 6.01. The van der Waals surface area contributed by atoms with E-state index in [9.17, 15) is 24.6 Å². The minimum absolute atomic E-state index is 0.0590. The van der Waals surface area contributed by atoms with Gasteiger partial charge in [0.1, 0.15) is 5.70 Å². The second-order valence-corrected chi connectivity index (χ2v) is 11.4. The van der Waals surface area contributed by atoms with E-state index >= 15 is 0 Å². The summed E-state index contributed by atoms with van der Waals surface area (Å²) in [5.74, 6) is -1.40. The van der Waals surface area contributed by atoms with Gasteiger partial charge in [-0.3, -0.25) is 14.5 Å². The standard InChI is InChI=1S/C23H36N4O5S/c1-12-18-17(13(2)28)22(30)27(18)19(23(31)32)20(12)33-15-9-16(25(4)11-15)21(29)26-8-6-14(10-26)5-7-24-3/h12-18,24,28H,5-11H2,1-4H3,(H,31,32)/t12-,13-,14?,15+,16+,17?,18?/m1/s1. The lowest BCUT2D eigenvalue weighted by atomic mass is 9.79. The van der Waals surface area contributed by atoms with E-state index < -0.39 is 18.0 Å². The van der Waals surface area contributed by atoms with Crippen LogP contribution in [0.1, 0.15) is 33.1 Å². The molecule has 4 rings (SSSR count). The van der Waals surface area contributed by atoms with Crippen molar-refractivity contribution >= 4 is 29.5 Å². The Balaban J connectivity index is 1.42. The van der Waals surface area contributed by atoms with E-state index in [1.807, 2.05) is 25.9 Å². The van der Waals surface area contributed by atoms with Crippen LogP contribution in [0.2, 0.25) is 0 Å². The number of thioether (sulfide) groups is 1. The first-order valence-electron chi connectivity index (χ1n) is 11.9. The third-order valence-electron chi connectivity index (χ3n) is 7.80. The van der Waals surface area contributed by atoms with Crippen LogP contribution in [0.25, 0.3) is 0 Å². The zero-order valence-electron chi connectivity index (χ0n) is 19.9. The summed E-state index contributed by atoms with van der Waals surface area (Å²) in [5, 5.41) is 23.1. The van der Waals surface area contributed by atoms with Gasteiger partial charge in [0.05, 0.1) is 24.1 Å². The molecule has 0 saturated carbocycles. The maximum absolute atomic E-state index is 13.2. The summed E-state index contributed by atoms with van der Waals surface area (Å²) in [6.45, 7) is 6.80. The summed E-state index contributed by atoms with van der Waals surface area (Å²) < 4.78 is 0. The van der Waals surface area contributed by atoms with Gasteiger partial charge in [0.15, 0.2) is 0 Å². The molecular weight excluding hydrogens is 444 g/mol. The molecule has 0 aromatic heterocycles. The SMILES string of the molecule is CNCCC1CCN(C(=O)[C@@H]2C[C@H](SC3=C(C(=O)O)N4C(=O)C([C@@H](C)O)C4[C@H]3C)CN2C)C1. The van der Waals surface area contributed by atoms with Crippen LogP contribution < -0.4 is 5.32 Å². The van der Waals surface area contributed by atoms with Gasteiger partial charge < -0.3 is 25.3 Å². The van der Waals surface area contributed by atoms with Gasteiger partial charge in [-0.25, -0.2) is 4.79 Å². The molecule has 3 saturated heterocycles. The zero-order chi connectivity index (χ0) is 24.0. The zero-order valence-corrected chi connectivity index (χ0v) is 20.7. The number of hydrogen-bond donors (Lipinski definition) is 3. The Kier molecular flexibility index (Phi) is 7.10. The number of nitrogens with one attached hydrogen (secondary N) is 1. The van der Waals surface area contributed by atoms with Crippen LogP contribution in [0.3, 0.4) is 0 Å². The van der Waals surface area contributed by atoms with Crippen LogP contribution in [0, 0.1) is 17.8 Å². The van der Waals surface area contributed by atoms with E-state index in [-0.39, 0.29) is 40.8 Å². The quantitative estimate of drug-likeness (QED) is 0.428. The topological polar surface area (TPSA) is 113 Å². The molecule has 2 amide bonds. The smallest absolute Gasteiger partial charge is 0.353 e. The molecule has 0 radical (unpaired) electrons. The molecule has 33 heavy (non-hydrogen) atoms. The molecule has 10 heteroatoms. The summed E-state index contributed by atoms with van der Waals surface area (Å²) in [5.41, 5.74) is 0.0590. The van der Waals surface area contributed by atoms with Crippen molar-refractivity contribution in [3.05, 3.63) is 10.6 Å². The van der Waals surface area contributed by atoms with Gasteiger partial charge in [0, 0.05) is 35.7 Å². The number of fused-ring (bicyclic) bond motifs is 1. The Bertz CT molecular complexity index is 849. The number of rotatable bonds is 8. The number of carboxylic acids is 1. The van der Waals surface area contributed by atoms with Crippen LogP contribution in [-0.2, 0) is 14.4 Å². The normalized spacial score (nSPS) is 35.2. The maximum Gasteiger partial charge on any atom is 0.353 e. The highest BCUT2D eigenvalue weighted by Crippen LogP contribution is 2.52. The lowest BCUT2D eigenvalue weighted by molar-refractivity contribution is -0.163. The van der Waals surface area contributed by atoms with Crippen molar-refractivity contribution < 1.29 is 24.6 Å². The van der Waals surface area contributed by atoms with Gasteiger partial charge in [-0.1, -0.05) is 6.92 Å². The Morgan fingerprint density at radius 3 is 2.67 bits per heavy atom. The van der Waals surface area contributed by atoms with E-state index in [4.69, 9.17) is 0 Å². The third-order valence-corrected chi connectivity index (χ3v) is 9.29. The number of aliphatic carboxylic acids is 1. The van der Waals surface area contributed by atoms with Crippen molar-refractivity contribution in [2.75, 3.05) is 40.3 Å². The van der Waals surface area contributed by atoms with E-state index in [0.29, 0.717) is 23.8 Å². The van der Waals surface area contributed by atoms with E-state index in [0.717, 1.165) is 32.5 Å². The fraction of sp³-hybridized carbons (Fsp3) is 0.783. The van der Waals surface area contributed by atoms with Crippen LogP contribution in [0.5, 0.6) is 0 Å². The predicted molar refractivity (Wildman–Crippen MR) is 125 cm³/mol. The van der Waals surface area contributed by atoms with Crippen molar-refractivity contribution in [3.8, 4) is 0 Å². The molecule has 4 aliphatic rings. The molecule has 0 aromatic rings. The number of carbonyl (C=O) groups is 3. The average molecular weight is 481 g/mol. The predicted octanol–water partition coefficient (Wildman–Crippen LogP) is 0.404. The second kappa shape index (κ2) is 9.56. The van der Waals surface area contributed by atoms with Gasteiger partial charge in [-0.2, -0.15) is 0 Å². The maximum atomic E-state index is 13.2. The van der Waals surface area contributed by atoms with Gasteiger partial charge in [-0.05, 0) is 52.7 Å². The molecule has 0 aliphatic carbocycles. The molecule has 3 N–H and O–H groups in total. The number of likely N-dealkylation sites (tertiary alicyclic amines) is 2. The first-order valence-corrected chi connectivity index (χ1v) is 12.8. The molecule has 0 aromatic carbocycles. The number of nitrogens with zero attached hydrogens (tertiary/aromatic N) is 3. The first kappa shape index (κ1) is 24.5. The number of aliphatic hydroxyl groups excluding tert-OH is 1. The molecule has 0 bridgehead atoms. The highest BCUT2D eigenvalue weighted by molar-refractivity contribution is 8.03. The molecular formula is C23H36N4O5S. The van der Waals surface area contributed by atoms with Gasteiger partial charge in [-0.15, -0.1) is 11.8 Å². The largest absolute Gasteiger partial charge is 0.477 e. The number of carbonyl (C=O) groups excluding carboxylic acids is 2. The molecule has 4 aliphatic heterocycles. The van der Waals surface area contributed by atoms with Gasteiger partial charge in [0.25, 0.3) is 0 Å². The van der Waals surface area contributed by atoms with Crippen molar-refractivity contribution in [1.29, 1.82) is 0 Å². The van der Waals surface area contributed by atoms with E-state index in [2.05, 4.69) is 10.2 Å². The lowest BCUT2D eigenvalue weighted by Gasteiger charge is -2.46. The summed E-state index contributed by atoms with van der Waals surface area (Å²) >= 11 is 1.50. The van der Waals surface area contributed by atoms with Gasteiger partial charge in [0.2, 0.25) is 11.8 Å². The van der Waals surface area contributed by atoms with E-state index in [1.54, 1.807) is 6.92 Å². The molecule has 9 nitrogen and oxygen atoms in total. The minimum Gasteiger partial charge on any atom is -0.477 e. The number of amides is 2. The molecule has 4 heterocycles. The molecule has 3 fully saturated rings. The number of β-lactam (4-membered cyclic amide) rings is 1. The average Bonchev–Trinajstić information content (AvgIpc) is 3.42. The number of likely N-dealkylation sites (N-methyl/N-ethyl adjacent to an activating group) is 1. The minimum atomic E-state index is -1.10. The van der Waals surface area contributed by atoms with Crippen molar-refractivity contribution in [2.45, 2.75) is 56.5 Å². The molecule has 184 valence electrons. The van der Waals surface area contributed by atoms with Gasteiger partial charge >= 0.3 is 5.97 Å². The highest BCUT2D eigenvalue weighted by atomic mass is 32.2. The summed E-state index contributed by atoms with van der Waals surface area (Å²) in [7, 11) is 3.91. The van der Waals surface area contributed by atoms with Crippen LogP contribution in [0.4, 0.5) is 0 Å². The van der Waals surface area contributed by atoms with Crippen molar-refractivity contribution in [1.82, 2.24) is 20.0 Å². The van der Waals surface area contributed by atoms with Crippen LogP contribution >= 0.6 is 11.8 Å².